The van der Waals surface area contributed by atoms with Gasteiger partial charge in [-0.25, -0.2) is 4.79 Å². The number of rotatable bonds is 6. The van der Waals surface area contributed by atoms with Crippen LogP contribution < -0.4 is 9.47 Å². The van der Waals surface area contributed by atoms with E-state index in [9.17, 15) is 18.4 Å². The van der Waals surface area contributed by atoms with Gasteiger partial charge in [-0.2, -0.15) is 8.78 Å². The van der Waals surface area contributed by atoms with Gasteiger partial charge in [0.15, 0.2) is 11.5 Å². The van der Waals surface area contributed by atoms with Crippen LogP contribution in [-0.4, -0.2) is 49.4 Å². The van der Waals surface area contributed by atoms with E-state index in [0.29, 0.717) is 31.5 Å². The number of carbonyl (C=O) groups excluding carboxylic acids is 2. The van der Waals surface area contributed by atoms with Crippen molar-refractivity contribution in [3.05, 3.63) is 23.8 Å². The highest BCUT2D eigenvalue weighted by Gasteiger charge is 2.30. The molecular formula is C20H27F2NO6. The Labute approximate surface area is 168 Å². The molecule has 0 aliphatic carbocycles. The summed E-state index contributed by atoms with van der Waals surface area (Å²) in [6.45, 7) is 3.27. The zero-order valence-electron chi connectivity index (χ0n) is 17.1. The van der Waals surface area contributed by atoms with E-state index in [1.165, 1.54) is 25.3 Å². The summed E-state index contributed by atoms with van der Waals surface area (Å²) in [4.78, 5) is 26.0. The van der Waals surface area contributed by atoms with Gasteiger partial charge in [0.1, 0.15) is 12.2 Å². The molecule has 1 aromatic carbocycles. The summed E-state index contributed by atoms with van der Waals surface area (Å²) >= 11 is 0. The van der Waals surface area contributed by atoms with Crippen molar-refractivity contribution in [2.75, 3.05) is 20.2 Å². The molecule has 0 spiro atoms. The van der Waals surface area contributed by atoms with Crippen LogP contribution in [0, 0.1) is 5.92 Å². The van der Waals surface area contributed by atoms with Crippen molar-refractivity contribution in [1.82, 2.24) is 4.90 Å². The fraction of sp³-hybridized carbons (Fsp3) is 0.600. The van der Waals surface area contributed by atoms with E-state index >= 15 is 0 Å². The number of piperidine rings is 1. The lowest BCUT2D eigenvalue weighted by Crippen LogP contribution is -2.43. The Bertz CT molecular complexity index is 711. The third-order valence-electron chi connectivity index (χ3n) is 4.31. The van der Waals surface area contributed by atoms with Gasteiger partial charge in [-0.15, -0.1) is 0 Å². The number of carbonyl (C=O) groups is 2. The number of methoxy groups -OCH3 is 1. The zero-order chi connectivity index (χ0) is 21.6. The quantitative estimate of drug-likeness (QED) is 0.654. The minimum Gasteiger partial charge on any atom is -0.493 e. The Kier molecular flexibility index (Phi) is 7.64. The number of benzene rings is 1. The predicted molar refractivity (Wildman–Crippen MR) is 100.0 cm³/mol. The number of hydrogen-bond donors (Lipinski definition) is 0. The lowest BCUT2D eigenvalue weighted by Gasteiger charge is -2.32. The van der Waals surface area contributed by atoms with Crippen LogP contribution in [-0.2, 0) is 20.9 Å². The number of likely N-dealkylation sites (tertiary alicyclic amines) is 1. The van der Waals surface area contributed by atoms with Crippen molar-refractivity contribution in [2.24, 2.45) is 5.92 Å². The molecular weight excluding hydrogens is 388 g/mol. The van der Waals surface area contributed by atoms with Crippen LogP contribution in [0.1, 0.15) is 39.2 Å². The van der Waals surface area contributed by atoms with Crippen LogP contribution in [0.3, 0.4) is 0 Å². The second-order valence-corrected chi connectivity index (χ2v) is 7.71. The van der Waals surface area contributed by atoms with Gasteiger partial charge in [-0.1, -0.05) is 6.07 Å². The summed E-state index contributed by atoms with van der Waals surface area (Å²) in [5, 5.41) is 0. The fourth-order valence-corrected chi connectivity index (χ4v) is 2.89. The highest BCUT2D eigenvalue weighted by molar-refractivity contribution is 5.73. The molecule has 162 valence electrons. The van der Waals surface area contributed by atoms with Crippen LogP contribution in [0.15, 0.2) is 18.2 Å². The summed E-state index contributed by atoms with van der Waals surface area (Å²) in [5.41, 5.74) is 0.0205. The minimum absolute atomic E-state index is 0.0174. The second-order valence-electron chi connectivity index (χ2n) is 7.71. The van der Waals surface area contributed by atoms with Crippen LogP contribution >= 0.6 is 0 Å². The first kappa shape index (κ1) is 22.7. The van der Waals surface area contributed by atoms with E-state index in [1.54, 1.807) is 25.7 Å². The third kappa shape index (κ3) is 7.07. The first-order valence-corrected chi connectivity index (χ1v) is 9.35. The number of amides is 1. The van der Waals surface area contributed by atoms with E-state index in [-0.39, 0.29) is 36.1 Å². The Morgan fingerprint density at radius 1 is 1.17 bits per heavy atom. The molecule has 0 radical (unpaired) electrons. The SMILES string of the molecule is COc1cc(COC(=O)C2CCN(C(=O)OC(C)(C)C)CC2)ccc1OC(F)F. The van der Waals surface area contributed by atoms with Crippen LogP contribution in [0.4, 0.5) is 13.6 Å². The van der Waals surface area contributed by atoms with E-state index in [2.05, 4.69) is 4.74 Å². The zero-order valence-corrected chi connectivity index (χ0v) is 17.1. The molecule has 0 N–H and O–H groups in total. The molecule has 1 aliphatic heterocycles. The van der Waals surface area contributed by atoms with Gasteiger partial charge in [0, 0.05) is 13.1 Å². The van der Waals surface area contributed by atoms with Crippen molar-refractivity contribution in [3.63, 3.8) is 0 Å². The monoisotopic (exact) mass is 415 g/mol. The molecule has 9 heteroatoms. The molecule has 2 rings (SSSR count). The number of nitrogens with zero attached hydrogens (tertiary/aromatic N) is 1. The Morgan fingerprint density at radius 2 is 1.83 bits per heavy atom. The van der Waals surface area contributed by atoms with Gasteiger partial charge < -0.3 is 23.8 Å². The topological polar surface area (TPSA) is 74.3 Å². The van der Waals surface area contributed by atoms with E-state index in [1.807, 2.05) is 0 Å². The molecule has 0 bridgehead atoms. The number of ether oxygens (including phenoxy) is 4. The van der Waals surface area contributed by atoms with Gasteiger partial charge >= 0.3 is 18.7 Å². The largest absolute Gasteiger partial charge is 0.493 e. The first-order valence-electron chi connectivity index (χ1n) is 9.35. The lowest BCUT2D eigenvalue weighted by atomic mass is 9.97. The summed E-state index contributed by atoms with van der Waals surface area (Å²) in [5.74, 6) is -0.630. The fourth-order valence-electron chi connectivity index (χ4n) is 2.89. The molecule has 0 atom stereocenters. The third-order valence-corrected chi connectivity index (χ3v) is 4.31. The highest BCUT2D eigenvalue weighted by Crippen LogP contribution is 2.30. The molecule has 1 heterocycles. The van der Waals surface area contributed by atoms with Crippen LogP contribution in [0.5, 0.6) is 11.5 Å². The standard InChI is InChI=1S/C20H27F2NO6/c1-20(2,3)29-19(25)23-9-7-14(8-10-23)17(24)27-12-13-5-6-15(28-18(21)22)16(11-13)26-4/h5-6,11,14,18H,7-10,12H2,1-4H3. The Balaban J connectivity index is 1.84. The molecule has 1 fully saturated rings. The lowest BCUT2D eigenvalue weighted by molar-refractivity contribution is -0.151. The van der Waals surface area contributed by atoms with Crippen LogP contribution in [0.25, 0.3) is 0 Å². The molecule has 1 aliphatic rings. The van der Waals surface area contributed by atoms with Gasteiger partial charge in [0.25, 0.3) is 0 Å². The van der Waals surface area contributed by atoms with Crippen molar-refractivity contribution >= 4 is 12.1 Å². The maximum atomic E-state index is 12.4. The first-order chi connectivity index (χ1) is 13.6. The van der Waals surface area contributed by atoms with Crippen molar-refractivity contribution < 1.29 is 37.3 Å². The summed E-state index contributed by atoms with van der Waals surface area (Å²) in [6.07, 6.45) is 0.591. The predicted octanol–water partition coefficient (Wildman–Crippen LogP) is 3.99. The molecule has 1 amide bonds. The Morgan fingerprint density at radius 3 is 2.38 bits per heavy atom. The molecule has 1 saturated heterocycles. The van der Waals surface area contributed by atoms with Gasteiger partial charge in [0.05, 0.1) is 13.0 Å². The Hall–Kier alpha value is -2.58. The maximum absolute atomic E-state index is 12.4. The number of halogens is 2. The molecule has 0 saturated carbocycles. The minimum atomic E-state index is -2.96. The van der Waals surface area contributed by atoms with Crippen molar-refractivity contribution in [1.29, 1.82) is 0 Å². The van der Waals surface area contributed by atoms with Crippen LogP contribution in [0.2, 0.25) is 0 Å². The van der Waals surface area contributed by atoms with E-state index in [4.69, 9.17) is 14.2 Å². The van der Waals surface area contributed by atoms with E-state index < -0.39 is 12.2 Å². The number of hydrogen-bond acceptors (Lipinski definition) is 6. The van der Waals surface area contributed by atoms with Gasteiger partial charge in [-0.05, 0) is 51.3 Å². The highest BCUT2D eigenvalue weighted by atomic mass is 19.3. The number of esters is 1. The molecule has 7 nitrogen and oxygen atoms in total. The van der Waals surface area contributed by atoms with Crippen molar-refractivity contribution in [3.8, 4) is 11.5 Å². The van der Waals surface area contributed by atoms with Gasteiger partial charge in [0.2, 0.25) is 0 Å². The average molecular weight is 415 g/mol. The van der Waals surface area contributed by atoms with E-state index in [0.717, 1.165) is 0 Å². The van der Waals surface area contributed by atoms with Crippen molar-refractivity contribution in [2.45, 2.75) is 52.4 Å². The second kappa shape index (κ2) is 9.76. The average Bonchev–Trinajstić information content (AvgIpc) is 2.65. The maximum Gasteiger partial charge on any atom is 0.410 e. The molecule has 0 unspecified atom stereocenters. The normalized spacial score (nSPS) is 15.2. The summed E-state index contributed by atoms with van der Waals surface area (Å²) in [7, 11) is 1.34. The smallest absolute Gasteiger partial charge is 0.410 e. The molecule has 29 heavy (non-hydrogen) atoms. The molecule has 1 aromatic rings. The summed E-state index contributed by atoms with van der Waals surface area (Å²) in [6, 6.07) is 4.35. The summed E-state index contributed by atoms with van der Waals surface area (Å²) < 4.78 is 44.8. The van der Waals surface area contributed by atoms with Gasteiger partial charge in [-0.3, -0.25) is 4.79 Å². The molecule has 0 aromatic heterocycles. The number of alkyl halides is 2.